The topological polar surface area (TPSA) is 38.1 Å². The molecule has 2 aromatic rings. The van der Waals surface area contributed by atoms with Gasteiger partial charge in [0.15, 0.2) is 0 Å². The Bertz CT molecular complexity index is 556. The lowest BCUT2D eigenvalue weighted by Crippen LogP contribution is -2.28. The third-order valence-corrected chi connectivity index (χ3v) is 4.49. The molecular formula is C17H22N2O. The van der Waals surface area contributed by atoms with E-state index in [1.54, 1.807) is 0 Å². The molecule has 0 amide bonds. The van der Waals surface area contributed by atoms with Gasteiger partial charge in [-0.1, -0.05) is 35.5 Å². The van der Waals surface area contributed by atoms with Crippen molar-refractivity contribution >= 4 is 0 Å². The molecule has 1 fully saturated rings. The quantitative estimate of drug-likeness (QED) is 0.902. The molecule has 3 atom stereocenters. The van der Waals surface area contributed by atoms with Crippen LogP contribution in [0.5, 0.6) is 0 Å². The fourth-order valence-electron chi connectivity index (χ4n) is 3.02. The van der Waals surface area contributed by atoms with E-state index in [1.165, 1.54) is 17.5 Å². The van der Waals surface area contributed by atoms with E-state index in [4.69, 9.17) is 4.52 Å². The summed E-state index contributed by atoms with van der Waals surface area (Å²) in [6.45, 7) is 7.11. The van der Waals surface area contributed by atoms with Crippen molar-refractivity contribution in [2.24, 2.45) is 5.92 Å². The molecule has 3 heteroatoms. The lowest BCUT2D eigenvalue weighted by molar-refractivity contribution is 0.391. The monoisotopic (exact) mass is 270 g/mol. The molecule has 0 unspecified atom stereocenters. The highest BCUT2D eigenvalue weighted by molar-refractivity contribution is 5.27. The molecule has 20 heavy (non-hydrogen) atoms. The van der Waals surface area contributed by atoms with Gasteiger partial charge in [-0.2, -0.15) is 0 Å². The van der Waals surface area contributed by atoms with Crippen molar-refractivity contribution in [1.29, 1.82) is 0 Å². The van der Waals surface area contributed by atoms with Crippen molar-refractivity contribution in [3.8, 4) is 0 Å². The normalized spacial score (nSPS) is 22.8. The molecule has 1 aromatic heterocycles. The van der Waals surface area contributed by atoms with E-state index in [0.717, 1.165) is 29.8 Å². The maximum absolute atomic E-state index is 5.20. The van der Waals surface area contributed by atoms with Crippen LogP contribution in [0, 0.1) is 19.8 Å². The highest BCUT2D eigenvalue weighted by Crippen LogP contribution is 2.49. The summed E-state index contributed by atoms with van der Waals surface area (Å²) in [5.41, 5.74) is 3.68. The second-order valence-corrected chi connectivity index (χ2v) is 5.89. The number of nitrogens with zero attached hydrogens (tertiary/aromatic N) is 1. The van der Waals surface area contributed by atoms with Gasteiger partial charge >= 0.3 is 0 Å². The highest BCUT2D eigenvalue weighted by atomic mass is 16.5. The third-order valence-electron chi connectivity index (χ3n) is 4.49. The Balaban J connectivity index is 1.55. The van der Waals surface area contributed by atoms with Gasteiger partial charge in [0.2, 0.25) is 0 Å². The van der Waals surface area contributed by atoms with Crippen molar-refractivity contribution < 1.29 is 4.52 Å². The van der Waals surface area contributed by atoms with Crippen molar-refractivity contribution in [1.82, 2.24) is 10.5 Å². The smallest absolute Gasteiger partial charge is 0.138 e. The summed E-state index contributed by atoms with van der Waals surface area (Å²) < 4.78 is 5.20. The predicted octanol–water partition coefficient (Wildman–Crippen LogP) is 3.57. The van der Waals surface area contributed by atoms with E-state index >= 15 is 0 Å². The van der Waals surface area contributed by atoms with Crippen molar-refractivity contribution in [2.75, 3.05) is 0 Å². The molecule has 1 aliphatic carbocycles. The van der Waals surface area contributed by atoms with E-state index in [2.05, 4.69) is 47.7 Å². The van der Waals surface area contributed by atoms with E-state index in [9.17, 15) is 0 Å². The van der Waals surface area contributed by atoms with Gasteiger partial charge in [-0.25, -0.2) is 0 Å². The minimum atomic E-state index is 0.522. The Morgan fingerprint density at radius 3 is 2.70 bits per heavy atom. The summed E-state index contributed by atoms with van der Waals surface area (Å²) in [5, 5.41) is 7.63. The van der Waals surface area contributed by atoms with Gasteiger partial charge in [0.25, 0.3) is 0 Å². The van der Waals surface area contributed by atoms with Gasteiger partial charge in [0.05, 0.1) is 5.69 Å². The zero-order valence-electron chi connectivity index (χ0n) is 12.4. The second-order valence-electron chi connectivity index (χ2n) is 5.89. The fourth-order valence-corrected chi connectivity index (χ4v) is 3.02. The van der Waals surface area contributed by atoms with Crippen molar-refractivity contribution in [2.45, 2.75) is 45.7 Å². The van der Waals surface area contributed by atoms with Gasteiger partial charge in [0.1, 0.15) is 5.76 Å². The first kappa shape index (κ1) is 13.4. The Morgan fingerprint density at radius 2 is 2.05 bits per heavy atom. The number of hydrogen-bond acceptors (Lipinski definition) is 3. The molecule has 3 nitrogen and oxygen atoms in total. The van der Waals surface area contributed by atoms with Crippen LogP contribution in [-0.4, -0.2) is 11.2 Å². The number of aryl methyl sites for hydroxylation is 2. The average molecular weight is 270 g/mol. The number of benzene rings is 1. The van der Waals surface area contributed by atoms with Crippen LogP contribution in [0.15, 0.2) is 34.9 Å². The van der Waals surface area contributed by atoms with Crippen LogP contribution in [0.3, 0.4) is 0 Å². The molecule has 1 saturated carbocycles. The Hall–Kier alpha value is -1.61. The number of nitrogens with one attached hydrogen (secondary N) is 1. The summed E-state index contributed by atoms with van der Waals surface area (Å²) in [7, 11) is 0. The van der Waals surface area contributed by atoms with Gasteiger partial charge < -0.3 is 9.84 Å². The Morgan fingerprint density at radius 1 is 1.30 bits per heavy atom. The summed E-state index contributed by atoms with van der Waals surface area (Å²) in [6.07, 6.45) is 1.29. The fraction of sp³-hybridized carbons (Fsp3) is 0.471. The molecule has 0 radical (unpaired) electrons. The summed E-state index contributed by atoms with van der Waals surface area (Å²) in [5.74, 6) is 2.40. The molecule has 1 heterocycles. The summed E-state index contributed by atoms with van der Waals surface area (Å²) >= 11 is 0. The first-order valence-corrected chi connectivity index (χ1v) is 7.37. The molecule has 106 valence electrons. The molecule has 0 spiro atoms. The van der Waals surface area contributed by atoms with Crippen LogP contribution in [0.2, 0.25) is 0 Å². The molecule has 3 rings (SSSR count). The number of hydrogen-bond donors (Lipinski definition) is 1. The SMILES string of the molecule is Cc1noc(C)c1CN[C@H](C)[C@@H]1C[C@@H]1c1ccccc1. The van der Waals surface area contributed by atoms with Crippen LogP contribution in [0.25, 0.3) is 0 Å². The molecule has 0 bridgehead atoms. The minimum Gasteiger partial charge on any atom is -0.361 e. The van der Waals surface area contributed by atoms with Crippen LogP contribution < -0.4 is 5.32 Å². The van der Waals surface area contributed by atoms with Crippen LogP contribution >= 0.6 is 0 Å². The molecule has 1 N–H and O–H groups in total. The molecule has 0 saturated heterocycles. The first-order chi connectivity index (χ1) is 9.66. The first-order valence-electron chi connectivity index (χ1n) is 7.37. The zero-order valence-corrected chi connectivity index (χ0v) is 12.4. The lowest BCUT2D eigenvalue weighted by atomic mass is 10.1. The number of aromatic nitrogens is 1. The van der Waals surface area contributed by atoms with Gasteiger partial charge in [0, 0.05) is 18.2 Å². The summed E-state index contributed by atoms with van der Waals surface area (Å²) in [6, 6.07) is 11.4. The third kappa shape index (κ3) is 2.63. The standard InChI is InChI=1S/C17H22N2O/c1-11(18-10-17-12(2)19-20-13(17)3)15-9-16(15)14-7-5-4-6-8-14/h4-8,11,15-16,18H,9-10H2,1-3H3/t11-,15+,16-/m1/s1. The van der Waals surface area contributed by atoms with E-state index in [-0.39, 0.29) is 0 Å². The predicted molar refractivity (Wildman–Crippen MR) is 79.6 cm³/mol. The van der Waals surface area contributed by atoms with Crippen molar-refractivity contribution in [3.63, 3.8) is 0 Å². The van der Waals surface area contributed by atoms with E-state index < -0.39 is 0 Å². The van der Waals surface area contributed by atoms with Gasteiger partial charge in [-0.05, 0) is 44.6 Å². The van der Waals surface area contributed by atoms with Crippen LogP contribution in [0.1, 0.15) is 41.8 Å². The van der Waals surface area contributed by atoms with E-state index in [1.807, 2.05) is 13.8 Å². The van der Waals surface area contributed by atoms with Crippen LogP contribution in [-0.2, 0) is 6.54 Å². The largest absolute Gasteiger partial charge is 0.361 e. The Labute approximate surface area is 120 Å². The molecular weight excluding hydrogens is 248 g/mol. The molecule has 1 aliphatic rings. The van der Waals surface area contributed by atoms with E-state index in [0.29, 0.717) is 6.04 Å². The highest BCUT2D eigenvalue weighted by Gasteiger charge is 2.41. The molecule has 1 aromatic carbocycles. The van der Waals surface area contributed by atoms with Crippen LogP contribution in [0.4, 0.5) is 0 Å². The lowest BCUT2D eigenvalue weighted by Gasteiger charge is -2.13. The molecule has 0 aliphatic heterocycles. The maximum atomic E-state index is 5.20. The maximum Gasteiger partial charge on any atom is 0.138 e. The van der Waals surface area contributed by atoms with Gasteiger partial charge in [-0.3, -0.25) is 0 Å². The van der Waals surface area contributed by atoms with Gasteiger partial charge in [-0.15, -0.1) is 0 Å². The minimum absolute atomic E-state index is 0.522. The average Bonchev–Trinajstić information content (AvgIpc) is 3.20. The summed E-state index contributed by atoms with van der Waals surface area (Å²) in [4.78, 5) is 0. The number of rotatable bonds is 5. The Kier molecular flexibility index (Phi) is 3.62. The zero-order chi connectivity index (χ0) is 14.1. The second kappa shape index (κ2) is 5.41. The van der Waals surface area contributed by atoms with Crippen molar-refractivity contribution in [3.05, 3.63) is 52.9 Å².